The number of rotatable bonds is 4. The first-order chi connectivity index (χ1) is 41.0. The van der Waals surface area contributed by atoms with Crippen LogP contribution in [0.4, 0.5) is 0 Å². The Morgan fingerprint density at radius 2 is 1.23 bits per heavy atom. The third-order valence-electron chi connectivity index (χ3n) is 18.9. The Balaban J connectivity index is 1.11. The third-order valence-corrected chi connectivity index (χ3v) is 21.5. The quantitative estimate of drug-likeness (QED) is 0.133. The van der Waals surface area contributed by atoms with Gasteiger partial charge in [0.2, 0.25) is 6.21 Å². The molecule has 8 aromatic carbocycles. The average Bonchev–Trinajstić information content (AvgIpc) is 2.41. The average molecular weight is 1090 g/mol. The SMILES string of the molecule is CC1C=NC(C2=c3c4cc5ccccc5cc4c4n3C3N5C(=C(c6cnccn6)c6c7cc8ccccc8cc7c7n6P3N3C(=C7C6=[N+]=CCN6C)c6cc7ccccc7cc6C3C=4C3=CN=CCN3)c3cc4ccccc4cc3C25)=CN1. The molecule has 5 atom stereocenters. The molecule has 12 nitrogen and oxygen atoms in total. The molecule has 0 saturated heterocycles. The first-order valence-corrected chi connectivity index (χ1v) is 30.0. The van der Waals surface area contributed by atoms with Crippen molar-refractivity contribution >= 4 is 131 Å². The molecule has 0 amide bonds. The smallest absolute Gasteiger partial charge is 0.381 e. The standard InChI is InChI=1S/C70H48N12P/c1-37-33-77-56(36-76-37)57-61-46-25-38-11-3-5-13-40(38)27-48(46)63-58(54-34-71-19-21-73-54)65-50-29-42-15-7-9-17-44(42)31-52(50)67-60(69-75-23-24-78(69)2)68-53-32-45-18-10-8-16-43(45)30-51(53)66-59(55-35-72-20-22-74-55)64-49-28-41-14-6-4-12-39(41)26-47(49)62(57)80(64)70(79(61)63)83(81(65)67)82(66)68/h3-21,23,25-37,61,66,70,74,76H,22,24H2,1-2H3/q+1. The molecule has 13 heteroatoms. The summed E-state index contributed by atoms with van der Waals surface area (Å²) in [7, 11) is 0.614. The molecule has 3 aromatic heterocycles. The Bertz CT molecular complexity index is 5360. The minimum absolute atomic E-state index is 0.0607. The van der Waals surface area contributed by atoms with Crippen LogP contribution in [0.15, 0.2) is 198 Å². The van der Waals surface area contributed by atoms with E-state index in [0.29, 0.717) is 13.1 Å². The molecule has 392 valence electrons. The number of likely N-dealkylation sites (N-methyl/N-ethyl adjacent to an activating group) is 1. The second-order valence-electron chi connectivity index (χ2n) is 23.3. The van der Waals surface area contributed by atoms with Gasteiger partial charge >= 0.3 is 5.84 Å². The van der Waals surface area contributed by atoms with Crippen LogP contribution in [0, 0.1) is 0 Å². The number of benzene rings is 8. The van der Waals surface area contributed by atoms with E-state index in [9.17, 15) is 0 Å². The van der Waals surface area contributed by atoms with Gasteiger partial charge in [-0.2, -0.15) is 0 Å². The Morgan fingerprint density at radius 1 is 0.639 bits per heavy atom. The minimum Gasteiger partial charge on any atom is -0.382 e. The second kappa shape index (κ2) is 15.9. The van der Waals surface area contributed by atoms with Crippen LogP contribution in [-0.4, -0.2) is 84.0 Å². The molecule has 5 unspecified atom stereocenters. The summed E-state index contributed by atoms with van der Waals surface area (Å²) < 4.78 is 14.1. The fraction of sp³-hybridized carbons (Fsp3) is 0.114. The number of nitrogens with one attached hydrogen (secondary N) is 2. The van der Waals surface area contributed by atoms with Gasteiger partial charge in [-0.1, -0.05) is 97.1 Å². The van der Waals surface area contributed by atoms with Crippen molar-refractivity contribution in [2.75, 3.05) is 20.1 Å². The fourth-order valence-electron chi connectivity index (χ4n) is 15.6. The van der Waals surface area contributed by atoms with Gasteiger partial charge in [0.15, 0.2) is 12.5 Å². The molecule has 0 aliphatic carbocycles. The highest BCUT2D eigenvalue weighted by Gasteiger charge is 2.62. The number of aliphatic imine (C=N–C) groups is 2. The fourth-order valence-corrected chi connectivity index (χ4v) is 18.8. The summed E-state index contributed by atoms with van der Waals surface area (Å²) in [5.41, 5.74) is 16.9. The van der Waals surface area contributed by atoms with Crippen molar-refractivity contribution < 1.29 is 0 Å². The van der Waals surface area contributed by atoms with Gasteiger partial charge < -0.3 is 24.8 Å². The highest BCUT2D eigenvalue weighted by atomic mass is 31.1. The molecule has 0 radical (unpaired) electrons. The number of nitrogens with zero attached hydrogens (tertiary/aromatic N) is 10. The summed E-state index contributed by atoms with van der Waals surface area (Å²) in [5, 5.41) is 24.4. The highest BCUT2D eigenvalue weighted by molar-refractivity contribution is 7.54. The van der Waals surface area contributed by atoms with Crippen LogP contribution in [0.1, 0.15) is 64.2 Å². The van der Waals surface area contributed by atoms with E-state index in [1.54, 1.807) is 0 Å². The number of fused-ring (bicyclic) bond motifs is 16. The zero-order valence-electron chi connectivity index (χ0n) is 45.1. The van der Waals surface area contributed by atoms with E-state index in [2.05, 4.69) is 218 Å². The molecule has 83 heavy (non-hydrogen) atoms. The summed E-state index contributed by atoms with van der Waals surface area (Å²) in [6, 6.07) is 55.0. The lowest BCUT2D eigenvalue weighted by molar-refractivity contribution is 0.258. The number of aromatic nitrogens is 4. The molecule has 20 rings (SSSR count). The predicted octanol–water partition coefficient (Wildman–Crippen LogP) is 11.1. The van der Waals surface area contributed by atoms with E-state index in [1.807, 2.05) is 24.8 Å². The first-order valence-electron chi connectivity index (χ1n) is 28.7. The number of hydrogen-bond donors (Lipinski definition) is 2. The van der Waals surface area contributed by atoms with Gasteiger partial charge in [0.25, 0.3) is 0 Å². The van der Waals surface area contributed by atoms with Gasteiger partial charge in [0.05, 0.1) is 100 Å². The van der Waals surface area contributed by atoms with Gasteiger partial charge in [0, 0.05) is 74.8 Å². The van der Waals surface area contributed by atoms with Crippen LogP contribution in [0.5, 0.6) is 0 Å². The van der Waals surface area contributed by atoms with Crippen molar-refractivity contribution in [3.63, 3.8) is 0 Å². The summed E-state index contributed by atoms with van der Waals surface area (Å²) >= 11 is 0. The van der Waals surface area contributed by atoms with Crippen LogP contribution in [-0.2, 0) is 0 Å². The van der Waals surface area contributed by atoms with E-state index in [0.717, 1.165) is 51.0 Å². The Kier molecular flexibility index (Phi) is 8.53. The van der Waals surface area contributed by atoms with E-state index >= 15 is 0 Å². The van der Waals surface area contributed by atoms with Crippen molar-refractivity contribution in [2.45, 2.75) is 31.0 Å². The molecule has 9 aliphatic rings. The first kappa shape index (κ1) is 44.6. The van der Waals surface area contributed by atoms with Gasteiger partial charge in [-0.3, -0.25) is 24.3 Å². The van der Waals surface area contributed by atoms with Crippen molar-refractivity contribution in [2.24, 2.45) is 9.98 Å². The number of amidine groups is 1. The van der Waals surface area contributed by atoms with Gasteiger partial charge in [-0.15, -0.1) is 0 Å². The van der Waals surface area contributed by atoms with E-state index in [4.69, 9.17) is 24.6 Å². The Morgan fingerprint density at radius 3 is 1.81 bits per heavy atom. The van der Waals surface area contributed by atoms with Gasteiger partial charge in [-0.05, 0) is 110 Å². The molecule has 2 N–H and O–H groups in total. The van der Waals surface area contributed by atoms with Gasteiger partial charge in [0.1, 0.15) is 13.8 Å². The lowest BCUT2D eigenvalue weighted by Crippen LogP contribution is -2.47. The Hall–Kier alpha value is -10.1. The third kappa shape index (κ3) is 5.62. The maximum Gasteiger partial charge on any atom is 0.381 e. The summed E-state index contributed by atoms with van der Waals surface area (Å²) in [4.78, 5) is 26.2. The molecule has 0 saturated carbocycles. The molecule has 11 aromatic rings. The zero-order valence-corrected chi connectivity index (χ0v) is 46.0. The summed E-state index contributed by atoms with van der Waals surface area (Å²) in [5.74, 6) is 0.624. The van der Waals surface area contributed by atoms with E-state index in [1.165, 1.54) is 115 Å². The normalized spacial score (nSPS) is 22.0. The monoisotopic (exact) mass is 1090 g/mol. The molecule has 0 fully saturated rings. The van der Waals surface area contributed by atoms with Crippen LogP contribution < -0.4 is 26.0 Å². The second-order valence-corrected chi connectivity index (χ2v) is 25.2. The van der Waals surface area contributed by atoms with Crippen LogP contribution in [0.25, 0.3) is 98.3 Å². The lowest BCUT2D eigenvalue weighted by Gasteiger charge is -2.49. The zero-order chi connectivity index (χ0) is 54.1. The van der Waals surface area contributed by atoms with Gasteiger partial charge in [-0.25, -0.2) is 9.57 Å². The maximum absolute atomic E-state index is 5.54. The molecular weight excluding hydrogens is 1040 g/mol. The molecule has 12 heterocycles. The minimum atomic E-state index is -1.59. The van der Waals surface area contributed by atoms with Crippen molar-refractivity contribution in [3.05, 3.63) is 238 Å². The van der Waals surface area contributed by atoms with Crippen molar-refractivity contribution in [3.8, 4) is 0 Å². The topological polar surface area (TPSA) is 108 Å². The molecule has 0 bridgehead atoms. The maximum atomic E-state index is 5.54. The Labute approximate surface area is 476 Å². The van der Waals surface area contributed by atoms with E-state index < -0.39 is 8.22 Å². The largest absolute Gasteiger partial charge is 0.382 e. The van der Waals surface area contributed by atoms with Crippen molar-refractivity contribution in [1.82, 2.24) is 48.6 Å². The van der Waals surface area contributed by atoms with Crippen molar-refractivity contribution in [1.29, 1.82) is 0 Å². The van der Waals surface area contributed by atoms with Crippen LogP contribution in [0.2, 0.25) is 0 Å². The van der Waals surface area contributed by atoms with E-state index in [-0.39, 0.29) is 24.0 Å². The molecular formula is C70H48N12P+. The number of hydrogen-bond acceptors (Lipinski definition) is 9. The molecule has 0 spiro atoms. The summed E-state index contributed by atoms with van der Waals surface area (Å²) in [6.07, 6.45) is 16.1. The summed E-state index contributed by atoms with van der Waals surface area (Å²) in [6.45, 7) is 3.47. The van der Waals surface area contributed by atoms with Crippen LogP contribution >= 0.6 is 8.22 Å². The highest BCUT2D eigenvalue weighted by Crippen LogP contribution is 2.76. The molecule has 9 aliphatic heterocycles. The predicted molar refractivity (Wildman–Crippen MR) is 338 cm³/mol. The van der Waals surface area contributed by atoms with Crippen LogP contribution in [0.3, 0.4) is 0 Å². The lowest BCUT2D eigenvalue weighted by atomic mass is 9.90.